The van der Waals surface area contributed by atoms with Crippen molar-refractivity contribution in [2.24, 2.45) is 0 Å². The average Bonchev–Trinajstić information content (AvgIpc) is 2.72. The van der Waals surface area contributed by atoms with Crippen molar-refractivity contribution in [2.75, 3.05) is 13.1 Å². The first-order valence-corrected chi connectivity index (χ1v) is 11.8. The summed E-state index contributed by atoms with van der Waals surface area (Å²) in [6, 6.07) is 0. The van der Waals surface area contributed by atoms with Gasteiger partial charge in [-0.3, -0.25) is 4.79 Å². The molecule has 0 saturated heterocycles. The van der Waals surface area contributed by atoms with Gasteiger partial charge in [0.1, 0.15) is 5.60 Å². The SMILES string of the molecule is CCC=CCC=CCC=CCC=CCC=CCCCC(=O)NCCNC(=O)OC(C)(C)C. The minimum Gasteiger partial charge on any atom is -0.444 e. The Labute approximate surface area is 195 Å². The lowest BCUT2D eigenvalue weighted by molar-refractivity contribution is -0.121. The van der Waals surface area contributed by atoms with Gasteiger partial charge >= 0.3 is 6.09 Å². The van der Waals surface area contributed by atoms with Gasteiger partial charge in [-0.1, -0.05) is 67.7 Å². The number of nitrogens with one attached hydrogen (secondary N) is 2. The molecule has 0 heterocycles. The largest absolute Gasteiger partial charge is 0.444 e. The van der Waals surface area contributed by atoms with Crippen LogP contribution >= 0.6 is 0 Å². The molecule has 0 fully saturated rings. The van der Waals surface area contributed by atoms with Crippen LogP contribution in [0.1, 0.15) is 79.1 Å². The van der Waals surface area contributed by atoms with Crippen LogP contribution in [0.2, 0.25) is 0 Å². The molecule has 0 rings (SSSR count). The Morgan fingerprint density at radius 2 is 1.19 bits per heavy atom. The van der Waals surface area contributed by atoms with Crippen LogP contribution in [-0.4, -0.2) is 30.7 Å². The molecular formula is C27H44N2O3. The van der Waals surface area contributed by atoms with E-state index >= 15 is 0 Å². The Bertz CT molecular complexity index is 638. The Hall–Kier alpha value is -2.56. The topological polar surface area (TPSA) is 67.4 Å². The molecule has 180 valence electrons. The molecule has 0 aromatic heterocycles. The van der Waals surface area contributed by atoms with E-state index in [-0.39, 0.29) is 5.91 Å². The lowest BCUT2D eigenvalue weighted by Gasteiger charge is -2.19. The van der Waals surface area contributed by atoms with E-state index in [1.807, 2.05) is 20.8 Å². The van der Waals surface area contributed by atoms with E-state index in [2.05, 4.69) is 78.3 Å². The van der Waals surface area contributed by atoms with Crippen LogP contribution in [0.3, 0.4) is 0 Å². The van der Waals surface area contributed by atoms with Crippen molar-refractivity contribution in [1.29, 1.82) is 0 Å². The van der Waals surface area contributed by atoms with Gasteiger partial charge in [-0.25, -0.2) is 4.79 Å². The first-order valence-electron chi connectivity index (χ1n) is 11.8. The summed E-state index contributed by atoms with van der Waals surface area (Å²) in [6.45, 7) is 8.34. The van der Waals surface area contributed by atoms with Crippen LogP contribution in [0.15, 0.2) is 60.8 Å². The van der Waals surface area contributed by atoms with Crippen LogP contribution < -0.4 is 10.6 Å². The number of carbonyl (C=O) groups is 2. The van der Waals surface area contributed by atoms with Crippen LogP contribution in [0.5, 0.6) is 0 Å². The van der Waals surface area contributed by atoms with E-state index in [1.165, 1.54) is 0 Å². The Morgan fingerprint density at radius 1 is 0.719 bits per heavy atom. The highest BCUT2D eigenvalue weighted by molar-refractivity contribution is 5.75. The Balaban J connectivity index is 3.59. The molecule has 2 amide bonds. The van der Waals surface area contributed by atoms with Crippen molar-refractivity contribution < 1.29 is 14.3 Å². The molecule has 0 saturated carbocycles. The minimum atomic E-state index is -0.517. The summed E-state index contributed by atoms with van der Waals surface area (Å²) in [7, 11) is 0. The lowest BCUT2D eigenvalue weighted by Crippen LogP contribution is -2.37. The maximum absolute atomic E-state index is 11.8. The molecule has 5 nitrogen and oxygen atoms in total. The summed E-state index contributed by atoms with van der Waals surface area (Å²) < 4.78 is 5.13. The summed E-state index contributed by atoms with van der Waals surface area (Å²) in [5.74, 6) is 0.00309. The summed E-state index contributed by atoms with van der Waals surface area (Å²) in [6.07, 6.45) is 28.5. The zero-order valence-electron chi connectivity index (χ0n) is 20.6. The van der Waals surface area contributed by atoms with Crippen LogP contribution in [0.4, 0.5) is 4.79 Å². The van der Waals surface area contributed by atoms with Gasteiger partial charge < -0.3 is 15.4 Å². The average molecular weight is 445 g/mol. The molecule has 0 aromatic rings. The molecule has 0 spiro atoms. The van der Waals surface area contributed by atoms with E-state index in [9.17, 15) is 9.59 Å². The number of hydrogen-bond donors (Lipinski definition) is 2. The van der Waals surface area contributed by atoms with Gasteiger partial charge in [-0.2, -0.15) is 0 Å². The second kappa shape index (κ2) is 20.3. The van der Waals surface area contributed by atoms with Crippen molar-refractivity contribution in [3.8, 4) is 0 Å². The second-order valence-corrected chi connectivity index (χ2v) is 8.38. The van der Waals surface area contributed by atoms with Crippen molar-refractivity contribution in [2.45, 2.75) is 84.7 Å². The third-order valence-electron chi connectivity index (χ3n) is 4.05. The van der Waals surface area contributed by atoms with Crippen LogP contribution in [-0.2, 0) is 9.53 Å². The highest BCUT2D eigenvalue weighted by Crippen LogP contribution is 2.06. The smallest absolute Gasteiger partial charge is 0.407 e. The third-order valence-corrected chi connectivity index (χ3v) is 4.05. The van der Waals surface area contributed by atoms with Crippen molar-refractivity contribution in [1.82, 2.24) is 10.6 Å². The molecule has 0 radical (unpaired) electrons. The van der Waals surface area contributed by atoms with Gasteiger partial charge in [0.05, 0.1) is 0 Å². The predicted molar refractivity (Wildman–Crippen MR) is 136 cm³/mol. The number of ether oxygens (including phenoxy) is 1. The van der Waals surface area contributed by atoms with E-state index in [4.69, 9.17) is 4.74 Å². The summed E-state index contributed by atoms with van der Waals surface area (Å²) in [5.41, 5.74) is -0.517. The number of unbranched alkanes of at least 4 members (excludes halogenated alkanes) is 1. The first-order chi connectivity index (χ1) is 15.3. The number of carbonyl (C=O) groups excluding carboxylic acids is 2. The maximum atomic E-state index is 11.8. The van der Waals surface area contributed by atoms with E-state index in [0.29, 0.717) is 19.5 Å². The first kappa shape index (κ1) is 29.4. The fourth-order valence-electron chi connectivity index (χ4n) is 2.52. The summed E-state index contributed by atoms with van der Waals surface area (Å²) in [4.78, 5) is 23.3. The molecule has 32 heavy (non-hydrogen) atoms. The summed E-state index contributed by atoms with van der Waals surface area (Å²) in [5, 5.41) is 5.42. The normalized spacial score (nSPS) is 12.6. The summed E-state index contributed by atoms with van der Waals surface area (Å²) >= 11 is 0. The van der Waals surface area contributed by atoms with Gasteiger partial charge in [0.15, 0.2) is 0 Å². The molecule has 0 aromatic carbocycles. The van der Waals surface area contributed by atoms with Crippen LogP contribution in [0, 0.1) is 0 Å². The Kier molecular flexibility index (Phi) is 18.7. The molecule has 0 aliphatic heterocycles. The number of rotatable bonds is 16. The molecular weight excluding hydrogens is 400 g/mol. The third kappa shape index (κ3) is 23.7. The van der Waals surface area contributed by atoms with E-state index in [1.54, 1.807) is 0 Å². The van der Waals surface area contributed by atoms with Gasteiger partial charge in [-0.05, 0) is 65.7 Å². The van der Waals surface area contributed by atoms with Gasteiger partial charge in [0.2, 0.25) is 5.91 Å². The highest BCUT2D eigenvalue weighted by atomic mass is 16.6. The molecule has 0 bridgehead atoms. The van der Waals surface area contributed by atoms with Crippen molar-refractivity contribution in [3.63, 3.8) is 0 Å². The van der Waals surface area contributed by atoms with Gasteiger partial charge in [0.25, 0.3) is 0 Å². The molecule has 5 heteroatoms. The monoisotopic (exact) mass is 444 g/mol. The standard InChI is InChI=1S/C27H44N2O3/c1-5-6-7-8-9-10-11-12-13-14-15-16-17-18-19-20-21-22-25(30)28-23-24-29-26(31)32-27(2,3)4/h6-7,9-10,12-13,15-16,18-19H,5,8,11,14,17,20-24H2,1-4H3,(H,28,30)(H,29,31). The molecule has 0 unspecified atom stereocenters. The van der Waals surface area contributed by atoms with Gasteiger partial charge in [-0.15, -0.1) is 0 Å². The zero-order valence-corrected chi connectivity index (χ0v) is 20.6. The van der Waals surface area contributed by atoms with E-state index in [0.717, 1.165) is 44.9 Å². The lowest BCUT2D eigenvalue weighted by atomic mass is 10.2. The fourth-order valence-corrected chi connectivity index (χ4v) is 2.52. The molecule has 0 atom stereocenters. The number of amides is 2. The van der Waals surface area contributed by atoms with Gasteiger partial charge in [0, 0.05) is 19.5 Å². The zero-order chi connectivity index (χ0) is 23.9. The number of hydrogen-bond acceptors (Lipinski definition) is 3. The number of allylic oxidation sites excluding steroid dienone is 10. The van der Waals surface area contributed by atoms with E-state index < -0.39 is 11.7 Å². The van der Waals surface area contributed by atoms with Crippen molar-refractivity contribution in [3.05, 3.63) is 60.8 Å². The Morgan fingerprint density at radius 3 is 1.69 bits per heavy atom. The molecule has 2 N–H and O–H groups in total. The van der Waals surface area contributed by atoms with Crippen molar-refractivity contribution >= 4 is 12.0 Å². The quantitative estimate of drug-likeness (QED) is 0.209. The highest BCUT2D eigenvalue weighted by Gasteiger charge is 2.15. The minimum absolute atomic E-state index is 0.00309. The molecule has 0 aliphatic rings. The number of alkyl carbamates (subject to hydrolysis) is 1. The molecule has 0 aliphatic carbocycles. The van der Waals surface area contributed by atoms with Crippen LogP contribution in [0.25, 0.3) is 0 Å². The second-order valence-electron chi connectivity index (χ2n) is 8.38. The predicted octanol–water partition coefficient (Wildman–Crippen LogP) is 6.55. The maximum Gasteiger partial charge on any atom is 0.407 e. The fraction of sp³-hybridized carbons (Fsp3) is 0.556.